The van der Waals surface area contributed by atoms with Crippen LogP contribution in [0.1, 0.15) is 39.5 Å². The molecule has 0 saturated heterocycles. The number of thiophene rings is 2. The van der Waals surface area contributed by atoms with Crippen LogP contribution in [0.15, 0.2) is 46.0 Å². The summed E-state index contributed by atoms with van der Waals surface area (Å²) in [6, 6.07) is 8.81. The van der Waals surface area contributed by atoms with Crippen molar-refractivity contribution >= 4 is 32.7 Å². The van der Waals surface area contributed by atoms with Crippen molar-refractivity contribution in [3.63, 3.8) is 0 Å². The Morgan fingerprint density at radius 3 is 2.50 bits per heavy atom. The van der Waals surface area contributed by atoms with Crippen LogP contribution in [0.5, 0.6) is 5.75 Å². The predicted octanol–water partition coefficient (Wildman–Crippen LogP) is 4.39. The number of nitrogens with one attached hydrogen (secondary N) is 1. The largest absolute Gasteiger partial charge is 0.493 e. The maximum absolute atomic E-state index is 12.7. The lowest BCUT2D eigenvalue weighted by atomic mass is 10.1. The van der Waals surface area contributed by atoms with E-state index in [1.54, 1.807) is 12.1 Å². The second-order valence-corrected chi connectivity index (χ2v) is 10.2. The van der Waals surface area contributed by atoms with Crippen LogP contribution >= 0.6 is 22.7 Å². The van der Waals surface area contributed by atoms with E-state index in [2.05, 4.69) is 4.72 Å². The van der Waals surface area contributed by atoms with Crippen molar-refractivity contribution in [3.8, 4) is 5.75 Å². The van der Waals surface area contributed by atoms with Gasteiger partial charge < -0.3 is 9.84 Å². The number of hydrogen-bond acceptors (Lipinski definition) is 6. The fraction of sp³-hybridized carbons (Fsp3) is 0.300. The second-order valence-electron chi connectivity index (χ2n) is 6.41. The number of ether oxygens (including phenoxy) is 1. The minimum atomic E-state index is -3.65. The molecule has 2 heterocycles. The molecule has 0 aliphatic carbocycles. The smallest absolute Gasteiger partial charge is 0.240 e. The van der Waals surface area contributed by atoms with Crippen LogP contribution in [0.25, 0.3) is 0 Å². The van der Waals surface area contributed by atoms with Gasteiger partial charge in [0.05, 0.1) is 11.5 Å². The third-order valence-corrected chi connectivity index (χ3v) is 7.50. The third-order valence-electron chi connectivity index (χ3n) is 4.28. The number of benzene rings is 1. The van der Waals surface area contributed by atoms with Gasteiger partial charge in [-0.15, -0.1) is 11.3 Å². The first-order chi connectivity index (χ1) is 13.3. The summed E-state index contributed by atoms with van der Waals surface area (Å²) in [5, 5.41) is 14.2. The van der Waals surface area contributed by atoms with Crippen LogP contribution in [0, 0.1) is 13.8 Å². The number of rotatable bonds is 8. The topological polar surface area (TPSA) is 75.6 Å². The minimum Gasteiger partial charge on any atom is -0.493 e. The Hall–Kier alpha value is -1.71. The van der Waals surface area contributed by atoms with Crippen LogP contribution in [0.3, 0.4) is 0 Å². The Balaban J connectivity index is 1.72. The molecule has 2 N–H and O–H groups in total. The maximum Gasteiger partial charge on any atom is 0.240 e. The van der Waals surface area contributed by atoms with Crippen LogP contribution in [-0.2, 0) is 16.6 Å². The fourth-order valence-electron chi connectivity index (χ4n) is 2.92. The summed E-state index contributed by atoms with van der Waals surface area (Å²) in [5.74, 6) is 0.728. The number of sulfonamides is 1. The maximum atomic E-state index is 12.7. The zero-order chi connectivity index (χ0) is 20.3. The molecule has 2 aromatic heterocycles. The summed E-state index contributed by atoms with van der Waals surface area (Å²) in [6.45, 7) is 6.29. The first-order valence-corrected chi connectivity index (χ1v) is 12.1. The number of aryl methyl sites for hydroxylation is 2. The summed E-state index contributed by atoms with van der Waals surface area (Å²) >= 11 is 2.93. The average molecular weight is 438 g/mol. The number of aliphatic hydroxyl groups excluding tert-OH is 1. The van der Waals surface area contributed by atoms with Crippen molar-refractivity contribution in [2.75, 3.05) is 6.61 Å². The summed E-state index contributed by atoms with van der Waals surface area (Å²) < 4.78 is 33.7. The van der Waals surface area contributed by atoms with Gasteiger partial charge in [0.15, 0.2) is 0 Å². The highest BCUT2D eigenvalue weighted by molar-refractivity contribution is 7.89. The highest BCUT2D eigenvalue weighted by atomic mass is 32.2. The van der Waals surface area contributed by atoms with Crippen LogP contribution < -0.4 is 9.46 Å². The molecule has 0 unspecified atom stereocenters. The van der Waals surface area contributed by atoms with E-state index < -0.39 is 16.1 Å². The highest BCUT2D eigenvalue weighted by Gasteiger charge is 2.19. The Morgan fingerprint density at radius 2 is 1.89 bits per heavy atom. The highest BCUT2D eigenvalue weighted by Crippen LogP contribution is 2.30. The molecule has 0 amide bonds. The molecule has 3 rings (SSSR count). The molecular formula is C20H23NO4S3. The van der Waals surface area contributed by atoms with E-state index in [9.17, 15) is 13.5 Å². The van der Waals surface area contributed by atoms with Crippen molar-refractivity contribution in [1.29, 1.82) is 0 Å². The lowest BCUT2D eigenvalue weighted by Crippen LogP contribution is -2.23. The van der Waals surface area contributed by atoms with Gasteiger partial charge in [-0.25, -0.2) is 13.1 Å². The van der Waals surface area contributed by atoms with Gasteiger partial charge in [0.2, 0.25) is 10.0 Å². The summed E-state index contributed by atoms with van der Waals surface area (Å²) in [7, 11) is -3.65. The molecule has 5 nitrogen and oxygen atoms in total. The molecule has 0 bridgehead atoms. The van der Waals surface area contributed by atoms with Gasteiger partial charge in [0.25, 0.3) is 0 Å². The van der Waals surface area contributed by atoms with Crippen molar-refractivity contribution in [2.24, 2.45) is 0 Å². The van der Waals surface area contributed by atoms with E-state index in [0.717, 1.165) is 32.2 Å². The van der Waals surface area contributed by atoms with Crippen LogP contribution in [0.4, 0.5) is 0 Å². The van der Waals surface area contributed by atoms with Crippen molar-refractivity contribution < 1.29 is 18.3 Å². The molecule has 0 saturated carbocycles. The monoisotopic (exact) mass is 437 g/mol. The van der Waals surface area contributed by atoms with E-state index in [-0.39, 0.29) is 11.4 Å². The van der Waals surface area contributed by atoms with E-state index in [4.69, 9.17) is 4.74 Å². The number of aliphatic hydroxyl groups is 1. The quantitative estimate of drug-likeness (QED) is 0.548. The van der Waals surface area contributed by atoms with Gasteiger partial charge in [0, 0.05) is 16.3 Å². The first kappa shape index (κ1) is 21.0. The van der Waals surface area contributed by atoms with Crippen LogP contribution in [-0.4, -0.2) is 20.1 Å². The molecule has 150 valence electrons. The van der Waals surface area contributed by atoms with Gasteiger partial charge in [-0.2, -0.15) is 11.3 Å². The molecule has 0 radical (unpaired) electrons. The third kappa shape index (κ3) is 4.64. The molecule has 28 heavy (non-hydrogen) atoms. The predicted molar refractivity (Wildman–Crippen MR) is 114 cm³/mol. The Bertz CT molecular complexity index is 1020. The van der Waals surface area contributed by atoms with E-state index in [1.807, 2.05) is 49.7 Å². The minimum absolute atomic E-state index is 0.175. The molecule has 0 aliphatic heterocycles. The normalized spacial score (nSPS) is 12.9. The van der Waals surface area contributed by atoms with E-state index in [0.29, 0.717) is 6.61 Å². The molecule has 0 fully saturated rings. The molecule has 3 aromatic rings. The SMILES string of the molecule is CCOc1c(C)cc(S(=O)(=O)NCc2ccc([C@@H](O)c3ccsc3)s2)cc1C. The number of hydrogen-bond donors (Lipinski definition) is 2. The molecular weight excluding hydrogens is 414 g/mol. The summed E-state index contributed by atoms with van der Waals surface area (Å²) in [5.41, 5.74) is 2.43. The van der Waals surface area contributed by atoms with Gasteiger partial charge in [0.1, 0.15) is 11.9 Å². The lowest BCUT2D eigenvalue weighted by molar-refractivity contribution is 0.224. The van der Waals surface area contributed by atoms with Crippen LogP contribution in [0.2, 0.25) is 0 Å². The molecule has 1 aromatic carbocycles. The van der Waals surface area contributed by atoms with E-state index >= 15 is 0 Å². The summed E-state index contributed by atoms with van der Waals surface area (Å²) in [4.78, 5) is 1.86. The van der Waals surface area contributed by atoms with Gasteiger partial charge in [-0.3, -0.25) is 0 Å². The Morgan fingerprint density at radius 1 is 1.18 bits per heavy atom. The van der Waals surface area contributed by atoms with Crippen molar-refractivity contribution in [3.05, 3.63) is 67.5 Å². The van der Waals surface area contributed by atoms with E-state index in [1.165, 1.54) is 22.7 Å². The molecule has 1 atom stereocenters. The molecule has 0 spiro atoms. The zero-order valence-electron chi connectivity index (χ0n) is 15.9. The average Bonchev–Trinajstić information content (AvgIpc) is 3.34. The zero-order valence-corrected chi connectivity index (χ0v) is 18.4. The molecule has 8 heteroatoms. The molecule has 0 aliphatic rings. The van der Waals surface area contributed by atoms with Gasteiger partial charge in [-0.05, 0) is 78.6 Å². The lowest BCUT2D eigenvalue weighted by Gasteiger charge is -2.13. The Labute approximate surface area is 173 Å². The van der Waals surface area contributed by atoms with Gasteiger partial charge >= 0.3 is 0 Å². The van der Waals surface area contributed by atoms with Crippen molar-refractivity contribution in [1.82, 2.24) is 4.72 Å². The second kappa shape index (κ2) is 8.75. The summed E-state index contributed by atoms with van der Waals surface area (Å²) in [6.07, 6.45) is -0.682. The van der Waals surface area contributed by atoms with Crippen molar-refractivity contribution in [2.45, 2.75) is 38.3 Å². The standard InChI is InChI=1S/C20H23NO4S3/c1-4-25-20-13(2)9-17(10-14(20)3)28(23,24)21-11-16-5-6-18(27-16)19(22)15-7-8-26-12-15/h5-10,12,19,21-22H,4,11H2,1-3H3/t19-/m0/s1. The fourth-order valence-corrected chi connectivity index (χ4v) is 5.83. The first-order valence-electron chi connectivity index (χ1n) is 8.84. The Kier molecular flexibility index (Phi) is 6.57. The van der Waals surface area contributed by atoms with Gasteiger partial charge in [-0.1, -0.05) is 0 Å².